The van der Waals surface area contributed by atoms with Gasteiger partial charge < -0.3 is 10.2 Å². The number of amides is 1. The first-order chi connectivity index (χ1) is 10.7. The van der Waals surface area contributed by atoms with E-state index in [1.807, 2.05) is 29.8 Å². The van der Waals surface area contributed by atoms with E-state index in [1.165, 1.54) is 5.56 Å². The lowest BCUT2D eigenvalue weighted by Gasteiger charge is -2.15. The molecule has 2 aromatic rings. The highest BCUT2D eigenvalue weighted by atomic mass is 79.9. The van der Waals surface area contributed by atoms with Crippen LogP contribution in [0.25, 0.3) is 0 Å². The summed E-state index contributed by atoms with van der Waals surface area (Å²) >= 11 is 5.17. The van der Waals surface area contributed by atoms with Crippen LogP contribution in [0.15, 0.2) is 40.3 Å². The fraction of sp³-hybridized carbons (Fsp3) is 0.375. The molecule has 2 heterocycles. The van der Waals surface area contributed by atoms with Crippen molar-refractivity contribution in [2.75, 3.05) is 18.0 Å². The van der Waals surface area contributed by atoms with Crippen molar-refractivity contribution < 1.29 is 4.79 Å². The highest BCUT2D eigenvalue weighted by Crippen LogP contribution is 2.22. The molecule has 3 rings (SSSR count). The maximum absolute atomic E-state index is 12.1. The summed E-state index contributed by atoms with van der Waals surface area (Å²) in [5.74, 6) is 0.127. The van der Waals surface area contributed by atoms with E-state index in [2.05, 4.69) is 37.2 Å². The number of nitrogens with zero attached hydrogens (tertiary/aromatic N) is 2. The fourth-order valence-electron chi connectivity index (χ4n) is 2.67. The molecule has 0 bridgehead atoms. The van der Waals surface area contributed by atoms with Crippen molar-refractivity contribution in [3.63, 3.8) is 0 Å². The molecule has 1 aromatic carbocycles. The van der Waals surface area contributed by atoms with Gasteiger partial charge in [0.05, 0.1) is 0 Å². The molecular weight excluding hydrogens is 362 g/mol. The monoisotopic (exact) mass is 379 g/mol. The van der Waals surface area contributed by atoms with Gasteiger partial charge in [-0.3, -0.25) is 4.79 Å². The summed E-state index contributed by atoms with van der Waals surface area (Å²) in [6.07, 6.45) is 4.09. The van der Waals surface area contributed by atoms with Crippen LogP contribution in [0.1, 0.15) is 18.4 Å². The molecule has 1 amide bonds. The van der Waals surface area contributed by atoms with Crippen LogP contribution in [-0.2, 0) is 11.2 Å². The maximum Gasteiger partial charge on any atom is 0.220 e. The Morgan fingerprint density at radius 1 is 1.45 bits per heavy atom. The summed E-state index contributed by atoms with van der Waals surface area (Å²) in [5, 5.41) is 6.17. The first kappa shape index (κ1) is 15.5. The van der Waals surface area contributed by atoms with Gasteiger partial charge in [-0.1, -0.05) is 34.1 Å². The van der Waals surface area contributed by atoms with Crippen molar-refractivity contribution in [3.05, 3.63) is 45.9 Å². The number of halogens is 1. The van der Waals surface area contributed by atoms with Gasteiger partial charge in [0.25, 0.3) is 0 Å². The van der Waals surface area contributed by atoms with Gasteiger partial charge in [0.1, 0.15) is 0 Å². The van der Waals surface area contributed by atoms with E-state index >= 15 is 0 Å². The normalized spacial score (nSPS) is 17.7. The van der Waals surface area contributed by atoms with Crippen molar-refractivity contribution in [2.45, 2.75) is 25.3 Å². The largest absolute Gasteiger partial charge is 0.352 e. The van der Waals surface area contributed by atoms with Gasteiger partial charge in [0.15, 0.2) is 5.13 Å². The van der Waals surface area contributed by atoms with Crippen LogP contribution >= 0.6 is 27.3 Å². The van der Waals surface area contributed by atoms with Gasteiger partial charge >= 0.3 is 0 Å². The second-order valence-electron chi connectivity index (χ2n) is 5.41. The molecule has 0 radical (unpaired) electrons. The maximum atomic E-state index is 12.1. The smallest absolute Gasteiger partial charge is 0.220 e. The second kappa shape index (κ2) is 7.24. The molecule has 1 unspecified atom stereocenters. The molecule has 1 atom stereocenters. The van der Waals surface area contributed by atoms with Crippen LogP contribution in [0.3, 0.4) is 0 Å². The van der Waals surface area contributed by atoms with Gasteiger partial charge in [0.2, 0.25) is 5.91 Å². The predicted molar refractivity (Wildman–Crippen MR) is 93.3 cm³/mol. The number of aromatic nitrogens is 1. The zero-order valence-electron chi connectivity index (χ0n) is 12.2. The Labute approximate surface area is 142 Å². The van der Waals surface area contributed by atoms with Gasteiger partial charge in [-0.2, -0.15) is 0 Å². The second-order valence-corrected chi connectivity index (χ2v) is 7.13. The first-order valence-corrected chi connectivity index (χ1v) is 9.07. The molecule has 1 aromatic heterocycles. The van der Waals surface area contributed by atoms with Gasteiger partial charge in [-0.25, -0.2) is 4.98 Å². The van der Waals surface area contributed by atoms with E-state index in [9.17, 15) is 4.79 Å². The number of nitrogens with one attached hydrogen (secondary N) is 1. The van der Waals surface area contributed by atoms with E-state index in [4.69, 9.17) is 0 Å². The highest BCUT2D eigenvalue weighted by Gasteiger charge is 2.25. The van der Waals surface area contributed by atoms with Crippen LogP contribution in [-0.4, -0.2) is 30.0 Å². The summed E-state index contributed by atoms with van der Waals surface area (Å²) < 4.78 is 1.07. The van der Waals surface area contributed by atoms with Gasteiger partial charge in [-0.05, 0) is 24.5 Å². The van der Waals surface area contributed by atoms with Crippen molar-refractivity contribution >= 4 is 38.3 Å². The quantitative estimate of drug-likeness (QED) is 0.866. The van der Waals surface area contributed by atoms with Crippen molar-refractivity contribution in [1.29, 1.82) is 0 Å². The van der Waals surface area contributed by atoms with Gasteiger partial charge in [0, 0.05) is 41.6 Å². The molecule has 1 fully saturated rings. The number of hydrogen-bond acceptors (Lipinski definition) is 4. The number of carbonyl (C=O) groups excluding carboxylic acids is 1. The number of rotatable bonds is 5. The number of thiazole rings is 1. The van der Waals surface area contributed by atoms with E-state index in [0.29, 0.717) is 6.42 Å². The van der Waals surface area contributed by atoms with E-state index in [0.717, 1.165) is 35.5 Å². The minimum atomic E-state index is 0.127. The Bertz CT molecular complexity index is 632. The van der Waals surface area contributed by atoms with Crippen LogP contribution in [0, 0.1) is 0 Å². The average molecular weight is 380 g/mol. The molecule has 1 aliphatic rings. The number of anilines is 1. The molecule has 4 nitrogen and oxygen atoms in total. The summed E-state index contributed by atoms with van der Waals surface area (Å²) in [6.45, 7) is 1.82. The molecular formula is C16H18BrN3OS. The SMILES string of the molecule is O=C(CCc1ccccc1Br)NC1CCN(c2nccs2)C1. The summed E-state index contributed by atoms with van der Waals surface area (Å²) in [4.78, 5) is 18.7. The van der Waals surface area contributed by atoms with Crippen molar-refractivity contribution in [1.82, 2.24) is 10.3 Å². The van der Waals surface area contributed by atoms with Crippen LogP contribution in [0.5, 0.6) is 0 Å². The lowest BCUT2D eigenvalue weighted by atomic mass is 10.1. The van der Waals surface area contributed by atoms with Crippen molar-refractivity contribution in [2.24, 2.45) is 0 Å². The molecule has 1 aliphatic heterocycles. The number of aryl methyl sites for hydroxylation is 1. The summed E-state index contributed by atoms with van der Waals surface area (Å²) in [5.41, 5.74) is 1.17. The predicted octanol–water partition coefficient (Wildman–Crippen LogP) is 3.23. The third kappa shape index (κ3) is 3.87. The van der Waals surface area contributed by atoms with Crippen LogP contribution in [0.4, 0.5) is 5.13 Å². The average Bonchev–Trinajstić information content (AvgIpc) is 3.17. The molecule has 0 spiro atoms. The molecule has 22 heavy (non-hydrogen) atoms. The van der Waals surface area contributed by atoms with Gasteiger partial charge in [-0.15, -0.1) is 11.3 Å². The number of carbonyl (C=O) groups is 1. The number of hydrogen-bond donors (Lipinski definition) is 1. The molecule has 0 aliphatic carbocycles. The van der Waals surface area contributed by atoms with Crippen LogP contribution in [0.2, 0.25) is 0 Å². The lowest BCUT2D eigenvalue weighted by Crippen LogP contribution is -2.37. The van der Waals surface area contributed by atoms with Crippen LogP contribution < -0.4 is 10.2 Å². The Balaban J connectivity index is 1.46. The van der Waals surface area contributed by atoms with E-state index in [1.54, 1.807) is 11.3 Å². The molecule has 6 heteroatoms. The molecule has 1 N–H and O–H groups in total. The molecule has 1 saturated heterocycles. The Morgan fingerprint density at radius 2 is 2.32 bits per heavy atom. The Morgan fingerprint density at radius 3 is 3.09 bits per heavy atom. The summed E-state index contributed by atoms with van der Waals surface area (Å²) in [6, 6.07) is 8.28. The minimum absolute atomic E-state index is 0.127. The number of benzene rings is 1. The molecule has 0 saturated carbocycles. The van der Waals surface area contributed by atoms with E-state index < -0.39 is 0 Å². The standard InChI is InChI=1S/C16H18BrN3OS/c17-14-4-2-1-3-12(14)5-6-15(21)19-13-7-9-20(11-13)16-18-8-10-22-16/h1-4,8,10,13H,5-7,9,11H2,(H,19,21). The third-order valence-corrected chi connectivity index (χ3v) is 5.43. The topological polar surface area (TPSA) is 45.2 Å². The Hall–Kier alpha value is -1.40. The molecule has 116 valence electrons. The minimum Gasteiger partial charge on any atom is -0.352 e. The highest BCUT2D eigenvalue weighted by molar-refractivity contribution is 9.10. The zero-order valence-corrected chi connectivity index (χ0v) is 14.6. The van der Waals surface area contributed by atoms with Crippen molar-refractivity contribution in [3.8, 4) is 0 Å². The third-order valence-electron chi connectivity index (χ3n) is 3.82. The fourth-order valence-corrected chi connectivity index (χ4v) is 3.84. The lowest BCUT2D eigenvalue weighted by molar-refractivity contribution is -0.121. The zero-order chi connectivity index (χ0) is 15.4. The summed E-state index contributed by atoms with van der Waals surface area (Å²) in [7, 11) is 0. The first-order valence-electron chi connectivity index (χ1n) is 7.39. The Kier molecular flexibility index (Phi) is 5.10. The van der Waals surface area contributed by atoms with E-state index in [-0.39, 0.29) is 11.9 Å².